The summed E-state index contributed by atoms with van der Waals surface area (Å²) < 4.78 is 18.5. The van der Waals surface area contributed by atoms with Gasteiger partial charge in [-0.15, -0.1) is 5.10 Å². The van der Waals surface area contributed by atoms with Crippen LogP contribution in [-0.4, -0.2) is 98.9 Å². The van der Waals surface area contributed by atoms with Crippen LogP contribution in [0.25, 0.3) is 11.8 Å². The summed E-state index contributed by atoms with van der Waals surface area (Å²) in [4.78, 5) is 88.4. The highest BCUT2D eigenvalue weighted by molar-refractivity contribution is 6.24. The van der Waals surface area contributed by atoms with Crippen LogP contribution in [0.2, 0.25) is 0 Å². The lowest BCUT2D eigenvalue weighted by Gasteiger charge is -2.27. The normalized spacial score (nSPS) is 14.7. The van der Waals surface area contributed by atoms with Gasteiger partial charge >= 0.3 is 5.97 Å². The molecule has 19 nitrogen and oxygen atoms in total. The molecule has 1 aromatic heterocycles. The Hall–Kier alpha value is -8.34. The van der Waals surface area contributed by atoms with Crippen LogP contribution in [0.1, 0.15) is 65.5 Å². The quantitative estimate of drug-likeness (QED) is 0.0449. The largest absolute Gasteiger partial charge is 0.490 e. The van der Waals surface area contributed by atoms with Crippen molar-refractivity contribution in [2.24, 2.45) is 0 Å². The number of hydrogen-bond acceptors (Lipinski definition) is 13. The molecular weight excluding hydrogens is 817 g/mol. The topological polar surface area (TPSA) is 261 Å². The molecule has 3 heterocycles. The van der Waals surface area contributed by atoms with E-state index in [4.69, 9.17) is 14.2 Å². The average Bonchev–Trinajstić information content (AvgIpc) is 3.85. The average molecular weight is 853 g/mol. The van der Waals surface area contributed by atoms with E-state index in [1.54, 1.807) is 72.9 Å². The predicted molar refractivity (Wildman–Crippen MR) is 220 cm³/mol. The van der Waals surface area contributed by atoms with Crippen molar-refractivity contribution in [2.45, 2.75) is 25.5 Å². The van der Waals surface area contributed by atoms with Crippen LogP contribution in [0.4, 0.5) is 11.4 Å². The first-order valence-corrected chi connectivity index (χ1v) is 19.3. The molecule has 63 heavy (non-hydrogen) atoms. The second kappa shape index (κ2) is 19.4. The Balaban J connectivity index is 0.834. The summed E-state index contributed by atoms with van der Waals surface area (Å²) in [6.07, 6.45) is 3.07. The van der Waals surface area contributed by atoms with Crippen molar-refractivity contribution in [3.63, 3.8) is 0 Å². The zero-order chi connectivity index (χ0) is 44.5. The van der Waals surface area contributed by atoms with Gasteiger partial charge in [-0.1, -0.05) is 35.5 Å². The molecule has 1 fully saturated rings. The van der Waals surface area contributed by atoms with Crippen LogP contribution in [0, 0.1) is 11.3 Å². The Labute approximate surface area is 357 Å². The Kier molecular flexibility index (Phi) is 13.1. The third-order valence-electron chi connectivity index (χ3n) is 9.70. The monoisotopic (exact) mass is 852 g/mol. The number of carboxylic acid groups (broad SMARTS) is 1. The minimum atomic E-state index is -1.23. The number of aromatic nitrogens is 3. The highest BCUT2D eigenvalue weighted by Gasteiger charge is 2.46. The van der Waals surface area contributed by atoms with Crippen LogP contribution < -0.4 is 20.7 Å². The van der Waals surface area contributed by atoms with Crippen LogP contribution in [0.15, 0.2) is 103 Å². The maximum atomic E-state index is 13.2. The number of fused-ring (bicyclic) bond motifs is 1. The molecule has 1 unspecified atom stereocenters. The SMILES string of the molecule is N#C/C(=C\c1cccc(NC(=O)c2ccc(-n3cc(COCCOCCOc4cccc5c4C(=O)N(C4CCC(=O)NC4=O)C5=O)nn3)cc2)c1)C(=O)Nc1ccccc1C(=O)O. The Bertz CT molecular complexity index is 2700. The number of nitriles is 1. The maximum Gasteiger partial charge on any atom is 0.337 e. The zero-order valence-corrected chi connectivity index (χ0v) is 33.1. The minimum Gasteiger partial charge on any atom is -0.490 e. The van der Waals surface area contributed by atoms with Gasteiger partial charge in [0, 0.05) is 17.7 Å². The van der Waals surface area contributed by atoms with Crippen LogP contribution in [0.5, 0.6) is 5.75 Å². The summed E-state index contributed by atoms with van der Waals surface area (Å²) in [7, 11) is 0. The molecule has 0 bridgehead atoms. The van der Waals surface area contributed by atoms with E-state index in [-0.39, 0.29) is 79.6 Å². The fourth-order valence-corrected chi connectivity index (χ4v) is 6.66. The van der Waals surface area contributed by atoms with Gasteiger partial charge in [0.1, 0.15) is 35.7 Å². The van der Waals surface area contributed by atoms with Crippen LogP contribution in [-0.2, 0) is 30.5 Å². The molecule has 0 saturated carbocycles. The van der Waals surface area contributed by atoms with Gasteiger partial charge in [0.15, 0.2) is 0 Å². The number of carbonyl (C=O) groups is 7. The molecule has 19 heteroatoms. The third kappa shape index (κ3) is 10.0. The number of carbonyl (C=O) groups excluding carboxylic acids is 6. The number of benzene rings is 4. The summed E-state index contributed by atoms with van der Waals surface area (Å²) in [5, 5.41) is 34.7. The summed E-state index contributed by atoms with van der Waals surface area (Å²) in [6.45, 7) is 0.807. The van der Waals surface area contributed by atoms with Gasteiger partial charge in [-0.2, -0.15) is 5.26 Å². The number of piperidine rings is 1. The molecule has 0 radical (unpaired) electrons. The number of nitrogens with one attached hydrogen (secondary N) is 3. The van der Waals surface area contributed by atoms with Crippen molar-refractivity contribution in [1.29, 1.82) is 5.26 Å². The number of aromatic carboxylic acids is 1. The van der Waals surface area contributed by atoms with Gasteiger partial charge in [0.2, 0.25) is 11.8 Å². The number of nitrogens with zero attached hydrogens (tertiary/aromatic N) is 5. The molecule has 0 spiro atoms. The van der Waals surface area contributed by atoms with Crippen molar-refractivity contribution in [3.8, 4) is 17.5 Å². The second-order valence-corrected chi connectivity index (χ2v) is 13.9. The van der Waals surface area contributed by atoms with Gasteiger partial charge in [0.05, 0.1) is 60.7 Å². The number of amides is 6. The van der Waals surface area contributed by atoms with E-state index in [2.05, 4.69) is 26.3 Å². The Morgan fingerprint density at radius 2 is 1.65 bits per heavy atom. The summed E-state index contributed by atoms with van der Waals surface area (Å²) in [5.74, 6) is -4.69. The van der Waals surface area contributed by atoms with E-state index in [1.807, 2.05) is 6.07 Å². The first-order chi connectivity index (χ1) is 30.5. The van der Waals surface area contributed by atoms with Gasteiger partial charge in [0.25, 0.3) is 23.6 Å². The van der Waals surface area contributed by atoms with Gasteiger partial charge in [-0.05, 0) is 78.7 Å². The number of hydrogen-bond donors (Lipinski definition) is 4. The lowest BCUT2D eigenvalue weighted by Crippen LogP contribution is -2.54. The molecule has 7 rings (SSSR count). The molecule has 4 N–H and O–H groups in total. The first kappa shape index (κ1) is 42.8. The van der Waals surface area contributed by atoms with Crippen molar-refractivity contribution < 1.29 is 52.9 Å². The molecule has 6 amide bonds. The lowest BCUT2D eigenvalue weighted by molar-refractivity contribution is -0.136. The molecule has 318 valence electrons. The minimum absolute atomic E-state index is 0.0195. The third-order valence-corrected chi connectivity index (χ3v) is 9.70. The number of para-hydroxylation sites is 1. The number of anilines is 2. The van der Waals surface area contributed by atoms with Crippen molar-refractivity contribution >= 4 is 58.9 Å². The molecule has 2 aliphatic rings. The van der Waals surface area contributed by atoms with E-state index in [0.29, 0.717) is 28.2 Å². The van der Waals surface area contributed by atoms with Crippen LogP contribution in [0.3, 0.4) is 0 Å². The molecule has 0 aliphatic carbocycles. The maximum absolute atomic E-state index is 13.2. The molecule has 4 aromatic carbocycles. The molecule has 2 aliphatic heterocycles. The summed E-state index contributed by atoms with van der Waals surface area (Å²) >= 11 is 0. The highest BCUT2D eigenvalue weighted by atomic mass is 16.5. The first-order valence-electron chi connectivity index (χ1n) is 19.3. The molecule has 1 atom stereocenters. The number of carboxylic acids is 1. The van der Waals surface area contributed by atoms with E-state index < -0.39 is 47.5 Å². The predicted octanol–water partition coefficient (Wildman–Crippen LogP) is 3.78. The van der Waals surface area contributed by atoms with Crippen LogP contribution >= 0.6 is 0 Å². The van der Waals surface area contributed by atoms with Gasteiger partial charge in [-0.3, -0.25) is 39.0 Å². The van der Waals surface area contributed by atoms with E-state index in [0.717, 1.165) is 4.90 Å². The Morgan fingerprint density at radius 3 is 2.43 bits per heavy atom. The van der Waals surface area contributed by atoms with Crippen molar-refractivity contribution in [3.05, 3.63) is 136 Å². The van der Waals surface area contributed by atoms with E-state index >= 15 is 0 Å². The standard InChI is InChI=1S/C44H36N8O11/c45-23-28(40(55)47-34-9-2-1-7-32(34)44(59)60)21-26-5-3-6-29(22-26)46-39(54)27-11-13-31(14-12-27)51-24-30(49-50-51)25-62-18-17-61-19-20-63-36-10-4-8-33-38(36)43(58)52(42(33)57)35-15-16-37(53)48-41(35)56/h1-14,21-22,24,35H,15-20,25H2,(H,46,54)(H,47,55)(H,59,60)(H,48,53,56)/b28-21+. The lowest BCUT2D eigenvalue weighted by atomic mass is 10.0. The fourth-order valence-electron chi connectivity index (χ4n) is 6.66. The van der Waals surface area contributed by atoms with E-state index in [9.17, 15) is 43.9 Å². The smallest absolute Gasteiger partial charge is 0.337 e. The van der Waals surface area contributed by atoms with E-state index in [1.165, 1.54) is 35.0 Å². The van der Waals surface area contributed by atoms with Crippen molar-refractivity contribution in [2.75, 3.05) is 37.1 Å². The summed E-state index contributed by atoms with van der Waals surface area (Å²) in [5.41, 5.74) is 2.18. The molecule has 5 aromatic rings. The number of ether oxygens (including phenoxy) is 3. The van der Waals surface area contributed by atoms with Gasteiger partial charge < -0.3 is 30.0 Å². The second-order valence-electron chi connectivity index (χ2n) is 13.9. The Morgan fingerprint density at radius 1 is 0.889 bits per heavy atom. The van der Waals surface area contributed by atoms with Gasteiger partial charge in [-0.25, -0.2) is 9.48 Å². The molecule has 1 saturated heterocycles. The summed E-state index contributed by atoms with van der Waals surface area (Å²) in [6, 6.07) is 24.3. The number of rotatable bonds is 17. The number of imide groups is 2. The fraction of sp³-hybridized carbons (Fsp3) is 0.182. The zero-order valence-electron chi connectivity index (χ0n) is 33.1. The van der Waals surface area contributed by atoms with Crippen molar-refractivity contribution in [1.82, 2.24) is 25.2 Å². The highest BCUT2D eigenvalue weighted by Crippen LogP contribution is 2.33. The molecular formula is C44H36N8O11.